The van der Waals surface area contributed by atoms with Crippen LogP contribution in [0.1, 0.15) is 43.3 Å². The van der Waals surface area contributed by atoms with Gasteiger partial charge in [0.25, 0.3) is 5.91 Å². The second-order valence-electron chi connectivity index (χ2n) is 7.79. The van der Waals surface area contributed by atoms with Gasteiger partial charge < -0.3 is 4.57 Å². The first-order valence-electron chi connectivity index (χ1n) is 10.1. The molecule has 0 fully saturated rings. The molecule has 1 N–H and O–H groups in total. The fourth-order valence-electron chi connectivity index (χ4n) is 3.61. The summed E-state index contributed by atoms with van der Waals surface area (Å²) in [5, 5.41) is 15.8. The van der Waals surface area contributed by atoms with E-state index >= 15 is 0 Å². The third kappa shape index (κ3) is 3.43. The molecule has 7 heteroatoms. The Bertz CT molecular complexity index is 1140. The number of rotatable bonds is 4. The summed E-state index contributed by atoms with van der Waals surface area (Å²) in [5.41, 5.74) is 5.62. The quantitative estimate of drug-likeness (QED) is 0.714. The van der Waals surface area contributed by atoms with Crippen LogP contribution in [0, 0.1) is 25.2 Å². The van der Waals surface area contributed by atoms with E-state index in [0.29, 0.717) is 5.17 Å². The number of aryl methyl sites for hydroxylation is 2. The molecule has 2 aromatic rings. The van der Waals surface area contributed by atoms with Gasteiger partial charge in [0.1, 0.15) is 5.04 Å². The highest BCUT2D eigenvalue weighted by Crippen LogP contribution is 2.31. The molecule has 6 nitrogen and oxygen atoms in total. The highest BCUT2D eigenvalue weighted by Gasteiger charge is 2.36. The average molecular weight is 420 g/mol. The number of aromatic nitrogens is 1. The Morgan fingerprint density at radius 1 is 1.20 bits per heavy atom. The summed E-state index contributed by atoms with van der Waals surface area (Å²) in [7, 11) is 0. The molecule has 2 aliphatic rings. The van der Waals surface area contributed by atoms with Gasteiger partial charge in [0.2, 0.25) is 5.17 Å². The third-order valence-electron chi connectivity index (χ3n) is 5.34. The average Bonchev–Trinajstić information content (AvgIpc) is 3.26. The smallest absolute Gasteiger partial charge is 0.283 e. The van der Waals surface area contributed by atoms with Crippen molar-refractivity contribution in [3.8, 4) is 5.69 Å². The summed E-state index contributed by atoms with van der Waals surface area (Å²) in [6.45, 7) is 10.3. The van der Waals surface area contributed by atoms with E-state index < -0.39 is 5.91 Å². The molecule has 0 spiro atoms. The van der Waals surface area contributed by atoms with Crippen molar-refractivity contribution in [1.82, 2.24) is 9.58 Å². The van der Waals surface area contributed by atoms with E-state index in [-0.39, 0.29) is 17.3 Å². The molecule has 0 bridgehead atoms. The number of carbonyl (C=O) groups is 1. The molecule has 3 heterocycles. The van der Waals surface area contributed by atoms with E-state index in [9.17, 15) is 4.79 Å². The normalized spacial score (nSPS) is 17.7. The number of nitrogens with zero attached hydrogens (tertiary/aromatic N) is 4. The highest BCUT2D eigenvalue weighted by molar-refractivity contribution is 8.27. The summed E-state index contributed by atoms with van der Waals surface area (Å²) in [4.78, 5) is 16.9. The van der Waals surface area contributed by atoms with Gasteiger partial charge >= 0.3 is 0 Å². The van der Waals surface area contributed by atoms with Crippen LogP contribution < -0.4 is 0 Å². The Balaban J connectivity index is 1.72. The molecule has 0 atom stereocenters. The van der Waals surface area contributed by atoms with Gasteiger partial charge in [-0.1, -0.05) is 32.9 Å². The summed E-state index contributed by atoms with van der Waals surface area (Å²) in [6, 6.07) is 10.5. The molecule has 0 radical (unpaired) electrons. The maximum absolute atomic E-state index is 12.7. The Morgan fingerprint density at radius 2 is 1.90 bits per heavy atom. The molecular weight excluding hydrogens is 394 g/mol. The van der Waals surface area contributed by atoms with Gasteiger partial charge in [-0.05, 0) is 67.4 Å². The zero-order valence-corrected chi connectivity index (χ0v) is 18.7. The third-order valence-corrected chi connectivity index (χ3v) is 6.55. The lowest BCUT2D eigenvalue weighted by Crippen LogP contribution is -2.35. The summed E-state index contributed by atoms with van der Waals surface area (Å²) >= 11 is 1.36. The number of thioether (sulfide) groups is 1. The van der Waals surface area contributed by atoms with Crippen molar-refractivity contribution in [2.75, 3.05) is 0 Å². The number of carbonyl (C=O) groups excluding carboxylic acids is 1. The van der Waals surface area contributed by atoms with Gasteiger partial charge in [0.15, 0.2) is 5.84 Å². The van der Waals surface area contributed by atoms with E-state index in [4.69, 9.17) is 5.41 Å². The minimum atomic E-state index is -0.393. The van der Waals surface area contributed by atoms with E-state index in [1.165, 1.54) is 22.3 Å². The zero-order valence-electron chi connectivity index (χ0n) is 17.9. The molecule has 154 valence electrons. The number of fused-ring (bicyclic) bond motifs is 1. The van der Waals surface area contributed by atoms with Crippen molar-refractivity contribution < 1.29 is 4.79 Å². The molecule has 30 heavy (non-hydrogen) atoms. The standard InChI is InChI=1S/C23H25N5OS/c1-6-16-7-9-18(10-8-16)27-14(4)11-17(15(27)5)12-19-20(24)28-23(25-21(19)29)30-22(26-28)13(2)3/h7-13,24H,6H2,1-5H3. The molecule has 0 aliphatic carbocycles. The van der Waals surface area contributed by atoms with Crippen molar-refractivity contribution in [3.63, 3.8) is 0 Å². The molecule has 2 aliphatic heterocycles. The molecular formula is C23H25N5OS. The number of amides is 1. The van der Waals surface area contributed by atoms with E-state index in [2.05, 4.69) is 45.9 Å². The second kappa shape index (κ2) is 7.72. The largest absolute Gasteiger partial charge is 0.318 e. The van der Waals surface area contributed by atoms with Gasteiger partial charge in [0, 0.05) is 23.0 Å². The van der Waals surface area contributed by atoms with Crippen molar-refractivity contribution in [1.29, 1.82) is 5.41 Å². The van der Waals surface area contributed by atoms with Crippen LogP contribution in [0.15, 0.2) is 46.0 Å². The number of hydrogen-bond acceptors (Lipinski definition) is 4. The molecule has 0 unspecified atom stereocenters. The highest BCUT2D eigenvalue weighted by atomic mass is 32.2. The second-order valence-corrected chi connectivity index (χ2v) is 8.78. The lowest BCUT2D eigenvalue weighted by molar-refractivity contribution is -0.114. The number of aliphatic imine (C=N–C) groups is 1. The zero-order chi connectivity index (χ0) is 21.6. The lowest BCUT2D eigenvalue weighted by atomic mass is 10.1. The molecule has 0 saturated heterocycles. The van der Waals surface area contributed by atoms with Gasteiger partial charge in [-0.2, -0.15) is 15.1 Å². The van der Waals surface area contributed by atoms with Crippen molar-refractivity contribution in [3.05, 3.63) is 58.4 Å². The summed E-state index contributed by atoms with van der Waals surface area (Å²) in [6.07, 6.45) is 2.77. The summed E-state index contributed by atoms with van der Waals surface area (Å²) < 4.78 is 2.16. The van der Waals surface area contributed by atoms with Gasteiger partial charge in [0.05, 0.1) is 5.57 Å². The van der Waals surface area contributed by atoms with Crippen LogP contribution in [0.25, 0.3) is 11.8 Å². The fraction of sp³-hybridized carbons (Fsp3) is 0.304. The van der Waals surface area contributed by atoms with Gasteiger partial charge in [-0.3, -0.25) is 10.2 Å². The Morgan fingerprint density at radius 3 is 2.53 bits per heavy atom. The van der Waals surface area contributed by atoms with Crippen LogP contribution in [0.2, 0.25) is 0 Å². The molecule has 1 aromatic carbocycles. The number of benzene rings is 1. The SMILES string of the molecule is CCc1ccc(-n2c(C)cc(C=C3C(=N)N4N=C(C(C)C)SC4=NC3=O)c2C)cc1. The lowest BCUT2D eigenvalue weighted by Gasteiger charge is -2.20. The molecule has 1 amide bonds. The molecule has 0 saturated carbocycles. The minimum Gasteiger partial charge on any atom is -0.318 e. The van der Waals surface area contributed by atoms with E-state index in [1.807, 2.05) is 33.8 Å². The van der Waals surface area contributed by atoms with Crippen molar-refractivity contribution in [2.24, 2.45) is 16.0 Å². The first kappa shape index (κ1) is 20.3. The maximum atomic E-state index is 12.7. The number of nitrogens with one attached hydrogen (secondary N) is 1. The van der Waals surface area contributed by atoms with Crippen LogP contribution in [0.3, 0.4) is 0 Å². The number of hydrogen-bond donors (Lipinski definition) is 1. The predicted molar refractivity (Wildman–Crippen MR) is 124 cm³/mol. The van der Waals surface area contributed by atoms with Crippen LogP contribution in [0.4, 0.5) is 0 Å². The Labute approximate surface area is 180 Å². The van der Waals surface area contributed by atoms with E-state index in [1.54, 1.807) is 6.08 Å². The van der Waals surface area contributed by atoms with Crippen molar-refractivity contribution in [2.45, 2.75) is 41.0 Å². The van der Waals surface area contributed by atoms with Crippen molar-refractivity contribution >= 4 is 39.8 Å². The number of amidine groups is 2. The first-order chi connectivity index (χ1) is 14.3. The van der Waals surface area contributed by atoms with Gasteiger partial charge in [-0.15, -0.1) is 0 Å². The van der Waals surface area contributed by atoms with Crippen LogP contribution >= 0.6 is 11.8 Å². The van der Waals surface area contributed by atoms with Crippen LogP contribution in [-0.4, -0.2) is 31.5 Å². The molecule has 4 rings (SSSR count). The van der Waals surface area contributed by atoms with Crippen LogP contribution in [0.5, 0.6) is 0 Å². The Hall–Kier alpha value is -2.93. The monoisotopic (exact) mass is 419 g/mol. The predicted octanol–water partition coefficient (Wildman–Crippen LogP) is 4.93. The Kier molecular flexibility index (Phi) is 5.24. The topological polar surface area (TPSA) is 73.8 Å². The molecule has 1 aromatic heterocycles. The fourth-order valence-corrected chi connectivity index (χ4v) is 4.50. The number of hydrazone groups is 1. The van der Waals surface area contributed by atoms with Gasteiger partial charge in [-0.25, -0.2) is 0 Å². The first-order valence-corrected chi connectivity index (χ1v) is 10.9. The van der Waals surface area contributed by atoms with Crippen LogP contribution in [-0.2, 0) is 11.2 Å². The minimum absolute atomic E-state index is 0.0743. The summed E-state index contributed by atoms with van der Waals surface area (Å²) in [5.74, 6) is -0.0991. The van der Waals surface area contributed by atoms with E-state index in [0.717, 1.165) is 34.1 Å². The maximum Gasteiger partial charge on any atom is 0.283 e.